The fourth-order valence-corrected chi connectivity index (χ4v) is 4.51. The fraction of sp³-hybridized carbons (Fsp3) is 0.400. The number of amides is 4. The van der Waals surface area contributed by atoms with Crippen LogP contribution < -0.4 is 15.5 Å². The molecule has 4 rings (SSSR count). The van der Waals surface area contributed by atoms with Crippen LogP contribution in [-0.2, 0) is 14.3 Å². The minimum absolute atomic E-state index is 0.123. The van der Waals surface area contributed by atoms with Crippen molar-refractivity contribution in [3.05, 3.63) is 53.6 Å². The molecule has 180 valence electrons. The third kappa shape index (κ3) is 5.69. The molecule has 2 fully saturated rings. The van der Waals surface area contributed by atoms with Gasteiger partial charge in [-0.05, 0) is 68.3 Å². The second kappa shape index (κ2) is 10.9. The molecule has 0 saturated carbocycles. The first kappa shape index (κ1) is 24.0. The highest BCUT2D eigenvalue weighted by Crippen LogP contribution is 2.26. The van der Waals surface area contributed by atoms with Gasteiger partial charge >= 0.3 is 6.03 Å². The van der Waals surface area contributed by atoms with Crippen molar-refractivity contribution in [2.45, 2.75) is 44.8 Å². The van der Waals surface area contributed by atoms with Crippen LogP contribution in [0.15, 0.2) is 48.5 Å². The average Bonchev–Trinajstić information content (AvgIpc) is 3.26. The van der Waals surface area contributed by atoms with E-state index < -0.39 is 6.04 Å². The number of nitrogens with zero attached hydrogens (tertiary/aromatic N) is 2. The molecule has 2 saturated heterocycles. The number of hydrogen-bond donors (Lipinski definition) is 2. The second-order valence-electron chi connectivity index (χ2n) is 8.46. The lowest BCUT2D eigenvalue weighted by Gasteiger charge is -2.27. The lowest BCUT2D eigenvalue weighted by molar-refractivity contribution is -0.120. The second-order valence-corrected chi connectivity index (χ2v) is 8.89. The summed E-state index contributed by atoms with van der Waals surface area (Å²) in [6.45, 7) is 3.42. The highest BCUT2D eigenvalue weighted by atomic mass is 35.5. The van der Waals surface area contributed by atoms with E-state index in [1.165, 1.54) is 4.90 Å². The minimum Gasteiger partial charge on any atom is -0.377 e. The van der Waals surface area contributed by atoms with Crippen molar-refractivity contribution in [2.24, 2.45) is 0 Å². The number of nitrogens with one attached hydrogen (secondary N) is 2. The predicted molar refractivity (Wildman–Crippen MR) is 132 cm³/mol. The Morgan fingerprint density at radius 1 is 1.03 bits per heavy atom. The van der Waals surface area contributed by atoms with Crippen LogP contribution in [0.25, 0.3) is 0 Å². The van der Waals surface area contributed by atoms with Crippen LogP contribution in [0.5, 0.6) is 0 Å². The van der Waals surface area contributed by atoms with Gasteiger partial charge in [0.1, 0.15) is 6.04 Å². The van der Waals surface area contributed by atoms with E-state index in [1.54, 1.807) is 41.3 Å². The van der Waals surface area contributed by atoms with E-state index in [0.29, 0.717) is 48.9 Å². The lowest BCUT2D eigenvalue weighted by atomic mass is 10.1. The van der Waals surface area contributed by atoms with Gasteiger partial charge in [-0.3, -0.25) is 9.59 Å². The topological polar surface area (TPSA) is 91.0 Å². The summed E-state index contributed by atoms with van der Waals surface area (Å²) in [6, 6.07) is 13.0. The van der Waals surface area contributed by atoms with Gasteiger partial charge < -0.3 is 25.2 Å². The van der Waals surface area contributed by atoms with E-state index in [0.717, 1.165) is 18.5 Å². The van der Waals surface area contributed by atoms with Crippen molar-refractivity contribution >= 4 is 46.5 Å². The number of carbonyl (C=O) groups excluding carboxylic acids is 3. The predicted octanol–water partition coefficient (Wildman–Crippen LogP) is 4.51. The number of benzene rings is 2. The zero-order chi connectivity index (χ0) is 24.1. The van der Waals surface area contributed by atoms with E-state index in [1.807, 2.05) is 19.1 Å². The first-order valence-electron chi connectivity index (χ1n) is 11.6. The molecule has 0 radical (unpaired) electrons. The molecule has 9 heteroatoms. The summed E-state index contributed by atoms with van der Waals surface area (Å²) in [5.74, 6) is -0.159. The number of hydrogen-bond acceptors (Lipinski definition) is 4. The van der Waals surface area contributed by atoms with Gasteiger partial charge in [0.15, 0.2) is 0 Å². The van der Waals surface area contributed by atoms with Crippen LogP contribution in [-0.4, -0.2) is 54.6 Å². The molecule has 0 aromatic heterocycles. The molecule has 2 aromatic carbocycles. The Morgan fingerprint density at radius 2 is 1.71 bits per heavy atom. The van der Waals surface area contributed by atoms with Gasteiger partial charge in [0, 0.05) is 54.6 Å². The van der Waals surface area contributed by atoms with Crippen molar-refractivity contribution in [2.75, 3.05) is 35.2 Å². The highest BCUT2D eigenvalue weighted by Gasteiger charge is 2.40. The number of anilines is 3. The van der Waals surface area contributed by atoms with Gasteiger partial charge in [-0.15, -0.1) is 0 Å². The number of urea groups is 1. The number of carbonyl (C=O) groups is 3. The van der Waals surface area contributed by atoms with Crippen LogP contribution in [0.4, 0.5) is 21.9 Å². The summed E-state index contributed by atoms with van der Waals surface area (Å²) in [5.41, 5.74) is 2.02. The molecule has 0 aliphatic carbocycles. The number of piperidine rings is 1. The van der Waals surface area contributed by atoms with Crippen molar-refractivity contribution in [1.82, 2.24) is 4.90 Å². The Balaban J connectivity index is 1.43. The van der Waals surface area contributed by atoms with E-state index in [4.69, 9.17) is 16.3 Å². The minimum atomic E-state index is -0.674. The number of ether oxygens (including phenoxy) is 1. The number of likely N-dealkylation sites (tertiary alicyclic amines) is 1. The average molecular weight is 485 g/mol. The van der Waals surface area contributed by atoms with Gasteiger partial charge in [-0.1, -0.05) is 11.6 Å². The Hall–Kier alpha value is -3.10. The highest BCUT2D eigenvalue weighted by molar-refractivity contribution is 6.30. The van der Waals surface area contributed by atoms with E-state index in [-0.39, 0.29) is 23.9 Å². The molecule has 0 spiro atoms. The van der Waals surface area contributed by atoms with E-state index >= 15 is 0 Å². The summed E-state index contributed by atoms with van der Waals surface area (Å²) in [5, 5.41) is 6.31. The molecular weight excluding hydrogens is 456 g/mol. The van der Waals surface area contributed by atoms with Crippen LogP contribution in [0.2, 0.25) is 5.02 Å². The summed E-state index contributed by atoms with van der Waals surface area (Å²) in [4.78, 5) is 41.6. The Labute approximate surface area is 204 Å². The lowest BCUT2D eigenvalue weighted by Crippen LogP contribution is -2.45. The van der Waals surface area contributed by atoms with Crippen LogP contribution in [0.1, 0.15) is 32.6 Å². The molecule has 2 aliphatic heterocycles. The molecular formula is C25H29ClN4O4. The molecule has 34 heavy (non-hydrogen) atoms. The third-order valence-electron chi connectivity index (χ3n) is 6.09. The van der Waals surface area contributed by atoms with E-state index in [2.05, 4.69) is 10.6 Å². The Kier molecular flexibility index (Phi) is 7.70. The largest absolute Gasteiger partial charge is 0.377 e. The van der Waals surface area contributed by atoms with Crippen molar-refractivity contribution < 1.29 is 19.1 Å². The summed E-state index contributed by atoms with van der Waals surface area (Å²) < 4.78 is 5.72. The fourth-order valence-electron chi connectivity index (χ4n) is 4.38. The summed E-state index contributed by atoms with van der Waals surface area (Å²) in [6.07, 6.45) is 2.67. The monoisotopic (exact) mass is 484 g/mol. The van der Waals surface area contributed by atoms with Crippen molar-refractivity contribution in [3.8, 4) is 0 Å². The Bertz CT molecular complexity index is 1030. The SMILES string of the molecule is CCO[C@@H]1C[C@@H](C(=O)Nc2ccc(N3CCCCC3=O)cc2)N(C(=O)Nc2ccc(Cl)cc2)C1. The van der Waals surface area contributed by atoms with Crippen LogP contribution in [0.3, 0.4) is 0 Å². The Morgan fingerprint density at radius 3 is 2.38 bits per heavy atom. The van der Waals surface area contributed by atoms with E-state index in [9.17, 15) is 14.4 Å². The zero-order valence-electron chi connectivity index (χ0n) is 19.1. The maximum atomic E-state index is 13.1. The maximum Gasteiger partial charge on any atom is 0.322 e. The molecule has 0 bridgehead atoms. The molecule has 8 nitrogen and oxygen atoms in total. The van der Waals surface area contributed by atoms with Crippen molar-refractivity contribution in [1.29, 1.82) is 0 Å². The standard InChI is InChI=1S/C25H29ClN4O4/c1-2-34-21-15-22(30(16-21)25(33)28-19-8-6-17(26)7-9-19)24(32)27-18-10-12-20(13-11-18)29-14-4-3-5-23(29)31/h6-13,21-22H,2-5,14-16H2,1H3,(H,27,32)(H,28,33)/t21-,22+/m1/s1. The van der Waals surface area contributed by atoms with Gasteiger partial charge in [0.2, 0.25) is 11.8 Å². The van der Waals surface area contributed by atoms with Gasteiger partial charge in [0.25, 0.3) is 0 Å². The zero-order valence-corrected chi connectivity index (χ0v) is 19.9. The maximum absolute atomic E-state index is 13.1. The van der Waals surface area contributed by atoms with Gasteiger partial charge in [-0.25, -0.2) is 4.79 Å². The summed E-state index contributed by atoms with van der Waals surface area (Å²) in [7, 11) is 0. The molecule has 4 amide bonds. The molecule has 2 heterocycles. The first-order chi connectivity index (χ1) is 16.4. The smallest absolute Gasteiger partial charge is 0.322 e. The molecule has 2 aromatic rings. The van der Waals surface area contributed by atoms with Gasteiger partial charge in [-0.2, -0.15) is 0 Å². The molecule has 2 atom stereocenters. The molecule has 0 unspecified atom stereocenters. The number of rotatable bonds is 6. The van der Waals surface area contributed by atoms with Crippen LogP contribution in [0, 0.1) is 0 Å². The quantitative estimate of drug-likeness (QED) is 0.631. The third-order valence-corrected chi connectivity index (χ3v) is 6.35. The molecule has 2 N–H and O–H groups in total. The first-order valence-corrected chi connectivity index (χ1v) is 12.0. The summed E-state index contributed by atoms with van der Waals surface area (Å²) >= 11 is 5.92. The normalized spacial score (nSPS) is 20.4. The number of halogens is 1. The van der Waals surface area contributed by atoms with Gasteiger partial charge in [0.05, 0.1) is 6.10 Å². The van der Waals surface area contributed by atoms with Crippen LogP contribution >= 0.6 is 11.6 Å². The molecule has 2 aliphatic rings. The van der Waals surface area contributed by atoms with Crippen molar-refractivity contribution in [3.63, 3.8) is 0 Å².